The highest BCUT2D eigenvalue weighted by Crippen LogP contribution is 2.34. The number of hydrogen-bond acceptors (Lipinski definition) is 14. The fourth-order valence-electron chi connectivity index (χ4n) is 7.94. The summed E-state index contributed by atoms with van der Waals surface area (Å²) >= 11 is 0. The summed E-state index contributed by atoms with van der Waals surface area (Å²) in [6, 6.07) is 15.9. The number of nitrogens with zero attached hydrogens (tertiary/aromatic N) is 5. The topological polar surface area (TPSA) is 243 Å². The van der Waals surface area contributed by atoms with Crippen molar-refractivity contribution in [2.75, 3.05) is 78.8 Å². The average Bonchev–Trinajstić information content (AvgIpc) is 3.95. The molecule has 5 aliphatic rings. The molecule has 4 aliphatic heterocycles. The molecule has 0 spiro atoms. The number of amides is 9. The van der Waals surface area contributed by atoms with Crippen molar-refractivity contribution in [1.82, 2.24) is 35.7 Å². The first-order valence-corrected chi connectivity index (χ1v) is 22.1. The predicted molar refractivity (Wildman–Crippen MR) is 240 cm³/mol. The maximum Gasteiger partial charge on any atom is 0.253 e. The van der Waals surface area contributed by atoms with E-state index in [0.29, 0.717) is 19.6 Å². The highest BCUT2D eigenvalue weighted by atomic mass is 16.7. The Hall–Kier alpha value is -7.44. The van der Waals surface area contributed by atoms with Crippen molar-refractivity contribution in [2.45, 2.75) is 31.8 Å². The summed E-state index contributed by atoms with van der Waals surface area (Å²) in [6.07, 6.45) is 6.33. The molecule has 354 valence electrons. The number of imide groups is 3. The number of likely N-dealkylation sites (tertiary alicyclic amines) is 1. The minimum Gasteiger partial charge on any atom is -0.378 e. The number of benzene rings is 2. The third-order valence-corrected chi connectivity index (χ3v) is 11.6. The first kappa shape index (κ1) is 48.5. The minimum absolute atomic E-state index is 0.0416. The molecular weight excluding hydrogens is 881 g/mol. The maximum atomic E-state index is 13.7. The zero-order chi connectivity index (χ0) is 48.0. The Morgan fingerprint density at radius 2 is 1.13 bits per heavy atom. The van der Waals surface area contributed by atoms with E-state index in [2.05, 4.69) is 28.0 Å². The van der Waals surface area contributed by atoms with E-state index < -0.39 is 58.6 Å². The Balaban J connectivity index is 0.932. The quantitative estimate of drug-likeness (QED) is 0.0528. The number of carbonyl (C=O) groups excluding carboxylic acids is 9. The number of hydrogen-bond donors (Lipinski definition) is 3. The molecule has 20 nitrogen and oxygen atoms in total. The van der Waals surface area contributed by atoms with Gasteiger partial charge in [-0.1, -0.05) is 48.2 Å². The number of ether oxygens (including phenoxy) is 2. The lowest BCUT2D eigenvalue weighted by Gasteiger charge is -2.51. The molecule has 0 saturated carbocycles. The van der Waals surface area contributed by atoms with Crippen molar-refractivity contribution < 1.29 is 57.5 Å². The molecule has 1 aliphatic carbocycles. The Labute approximate surface area is 391 Å². The highest BCUT2D eigenvalue weighted by molar-refractivity contribution is 6.14. The van der Waals surface area contributed by atoms with E-state index in [1.807, 2.05) is 48.5 Å². The van der Waals surface area contributed by atoms with Crippen LogP contribution in [0.25, 0.3) is 0 Å². The van der Waals surface area contributed by atoms with Crippen LogP contribution < -0.4 is 16.1 Å². The number of fused-ring (bicyclic) bond motifs is 2. The van der Waals surface area contributed by atoms with Crippen molar-refractivity contribution in [3.63, 3.8) is 0 Å². The first-order chi connectivity index (χ1) is 32.9. The molecule has 20 heteroatoms. The third kappa shape index (κ3) is 12.1. The van der Waals surface area contributed by atoms with E-state index in [4.69, 9.17) is 19.3 Å². The molecule has 1 unspecified atom stereocenters. The molecule has 68 heavy (non-hydrogen) atoms. The Morgan fingerprint density at radius 1 is 0.632 bits per heavy atom. The summed E-state index contributed by atoms with van der Waals surface area (Å²) in [6.45, 7) is 0.426. The third-order valence-electron chi connectivity index (χ3n) is 11.6. The molecule has 0 radical (unpaired) electrons. The largest absolute Gasteiger partial charge is 0.378 e. The van der Waals surface area contributed by atoms with Crippen LogP contribution in [0.4, 0.5) is 0 Å². The summed E-state index contributed by atoms with van der Waals surface area (Å²) < 4.78 is 11.5. The van der Waals surface area contributed by atoms with E-state index in [1.165, 1.54) is 4.90 Å². The van der Waals surface area contributed by atoms with E-state index in [9.17, 15) is 43.2 Å². The molecule has 3 N–H and O–H groups in total. The summed E-state index contributed by atoms with van der Waals surface area (Å²) in [7, 11) is 0. The first-order valence-electron chi connectivity index (χ1n) is 22.1. The van der Waals surface area contributed by atoms with Gasteiger partial charge in [0.05, 0.1) is 38.4 Å². The molecule has 7 rings (SSSR count). The van der Waals surface area contributed by atoms with Gasteiger partial charge in [0, 0.05) is 119 Å². The monoisotopic (exact) mass is 930 g/mol. The van der Waals surface area contributed by atoms with Crippen molar-refractivity contribution >= 4 is 59.0 Å². The summed E-state index contributed by atoms with van der Waals surface area (Å²) in [5.74, 6) is 1.90. The van der Waals surface area contributed by atoms with Gasteiger partial charge in [0.25, 0.3) is 35.4 Å². The Kier molecular flexibility index (Phi) is 16.3. The van der Waals surface area contributed by atoms with Crippen LogP contribution in [0.5, 0.6) is 0 Å². The van der Waals surface area contributed by atoms with Crippen molar-refractivity contribution in [3.8, 4) is 11.8 Å². The molecular formula is C48H50N8O12. The van der Waals surface area contributed by atoms with Crippen LogP contribution in [0.3, 0.4) is 0 Å². The van der Waals surface area contributed by atoms with Gasteiger partial charge in [-0.05, 0) is 23.3 Å². The van der Waals surface area contributed by atoms with Gasteiger partial charge in [-0.3, -0.25) is 72.6 Å². The van der Waals surface area contributed by atoms with Crippen LogP contribution in [-0.4, -0.2) is 157 Å². The summed E-state index contributed by atoms with van der Waals surface area (Å²) in [5.41, 5.74) is 5.80. The van der Waals surface area contributed by atoms with E-state index in [-0.39, 0.29) is 96.8 Å². The van der Waals surface area contributed by atoms with Crippen LogP contribution >= 0.6 is 0 Å². The van der Waals surface area contributed by atoms with Gasteiger partial charge in [0.2, 0.25) is 17.7 Å². The molecule has 1 atom stereocenters. The maximum absolute atomic E-state index is 13.7. The van der Waals surface area contributed by atoms with Crippen molar-refractivity contribution in [2.24, 2.45) is 10.4 Å². The number of aliphatic imine (C=N–C) groups is 1. The van der Waals surface area contributed by atoms with Crippen molar-refractivity contribution in [1.29, 1.82) is 0 Å². The minimum atomic E-state index is -1.17. The van der Waals surface area contributed by atoms with Gasteiger partial charge in [0.1, 0.15) is 11.9 Å². The summed E-state index contributed by atoms with van der Waals surface area (Å²) in [5, 5.41) is 5.57. The second-order valence-corrected chi connectivity index (χ2v) is 16.2. The number of hydroxylamine groups is 1. The Morgan fingerprint density at radius 3 is 1.72 bits per heavy atom. The van der Waals surface area contributed by atoms with Gasteiger partial charge in [-0.2, -0.15) is 5.48 Å². The van der Waals surface area contributed by atoms with Crippen LogP contribution in [0.15, 0.2) is 90.0 Å². The lowest BCUT2D eigenvalue weighted by molar-refractivity contribution is -0.139. The number of rotatable bonds is 24. The molecule has 4 heterocycles. The molecule has 1 fully saturated rings. The van der Waals surface area contributed by atoms with Gasteiger partial charge in [-0.25, -0.2) is 0 Å². The Bertz CT molecular complexity index is 2420. The van der Waals surface area contributed by atoms with Crippen LogP contribution in [0, 0.1) is 17.3 Å². The van der Waals surface area contributed by atoms with E-state index in [0.717, 1.165) is 73.4 Å². The fourth-order valence-corrected chi connectivity index (χ4v) is 7.94. The lowest BCUT2D eigenvalue weighted by atomic mass is 9.77. The van der Waals surface area contributed by atoms with Gasteiger partial charge < -0.3 is 20.1 Å². The second kappa shape index (κ2) is 22.8. The van der Waals surface area contributed by atoms with Crippen LogP contribution in [0.1, 0.15) is 47.6 Å². The normalized spacial score (nSPS) is 18.4. The summed E-state index contributed by atoms with van der Waals surface area (Å²) in [4.78, 5) is 127. The predicted octanol–water partition coefficient (Wildman–Crippen LogP) is -0.357. The average molecular weight is 931 g/mol. The highest BCUT2D eigenvalue weighted by Gasteiger charge is 2.52. The number of carbonyl (C=O) groups is 9. The van der Waals surface area contributed by atoms with Gasteiger partial charge >= 0.3 is 0 Å². The molecule has 0 bridgehead atoms. The molecule has 2 aromatic carbocycles. The number of nitrogens with one attached hydrogen (secondary N) is 3. The zero-order valence-electron chi connectivity index (χ0n) is 37.1. The smallest absolute Gasteiger partial charge is 0.253 e. The van der Waals surface area contributed by atoms with Gasteiger partial charge in [-0.15, -0.1) is 0 Å². The molecule has 2 aromatic rings. The fraction of sp³-hybridized carbons (Fsp3) is 0.375. The van der Waals surface area contributed by atoms with Gasteiger partial charge in [0.15, 0.2) is 0 Å². The van der Waals surface area contributed by atoms with Crippen molar-refractivity contribution in [3.05, 3.63) is 107 Å². The zero-order valence-corrected chi connectivity index (χ0v) is 37.1. The lowest BCUT2D eigenvalue weighted by Crippen LogP contribution is -2.70. The molecule has 9 amide bonds. The van der Waals surface area contributed by atoms with Crippen LogP contribution in [-0.2, 0) is 63.9 Å². The second-order valence-electron chi connectivity index (χ2n) is 16.2. The molecule has 0 aromatic heterocycles. The standard InChI is InChI=1S/C48H50N8O12/c57-38(17-22-53-40(59)11-12-41(53)60)50-30-48(31-51-39(58)18-23-54-42(61)13-14-43(54)62)32-56(46(65)19-24-55-44(63)15-16-45(55)64)47(48)49-20-25-66-27-28-67-26-21-52-68-37-29-35-7-2-1-5-33(35)9-10-34-6-3-4-8-36(34)37/h1-8,11-16,37,52H,17-32H2,(H,50,57)(H,51,58). The number of amidine groups is 1. The SMILES string of the molecule is O=C(CCN1C(=O)C=CC1=O)NCC1(CNC(=O)CCN2C(=O)C=CC2=O)CN(C(=O)CCN2C(=O)C=CC2=O)C1=NCCOCCOCCNOC1Cc2ccccc2C#Cc2ccccc21. The van der Waals surface area contributed by atoms with Crippen LogP contribution in [0.2, 0.25) is 0 Å². The molecule has 1 saturated heterocycles. The van der Waals surface area contributed by atoms with E-state index >= 15 is 0 Å². The van der Waals surface area contributed by atoms with E-state index in [1.54, 1.807) is 0 Å².